The minimum Gasteiger partial charge on any atom is -0.344 e. The molecule has 0 spiro atoms. The largest absolute Gasteiger partial charge is 0.344 e. The van der Waals surface area contributed by atoms with Gasteiger partial charge in [0.15, 0.2) is 0 Å². The van der Waals surface area contributed by atoms with Gasteiger partial charge in [-0.1, -0.05) is 78.4 Å². The zero-order valence-electron chi connectivity index (χ0n) is 33.2. The number of anilines is 6. The van der Waals surface area contributed by atoms with Gasteiger partial charge in [-0.25, -0.2) is 0 Å². The van der Waals surface area contributed by atoms with Crippen molar-refractivity contribution in [2.75, 3.05) is 14.7 Å². The molecule has 0 fully saturated rings. The number of nitrogens with zero attached hydrogens (tertiary/aromatic N) is 3. The van der Waals surface area contributed by atoms with Gasteiger partial charge in [0, 0.05) is 45.9 Å². The zero-order valence-corrected chi connectivity index (χ0v) is 33.2. The van der Waals surface area contributed by atoms with Crippen molar-refractivity contribution >= 4 is 51.8 Å². The van der Waals surface area contributed by atoms with Gasteiger partial charge in [-0.05, 0) is 184 Å². The van der Waals surface area contributed by atoms with E-state index in [4.69, 9.17) is 0 Å². The maximum Gasteiger partial charge on any atom is 0.271 e. The Labute approximate surface area is 334 Å². The molecule has 11 rings (SSSR count). The first-order valence-corrected chi connectivity index (χ1v) is 21.6. The van der Waals surface area contributed by atoms with Gasteiger partial charge < -0.3 is 14.7 Å². The molecule has 2 heterocycles. The molecule has 0 amide bonds. The molecule has 0 radical (unpaired) electrons. The molecule has 2 aliphatic heterocycles. The average Bonchev–Trinajstić information content (AvgIpc) is 3.25. The summed E-state index contributed by atoms with van der Waals surface area (Å²) in [6, 6.07) is 35.9. The minimum atomic E-state index is 0.0787. The second-order valence-corrected chi connectivity index (χ2v) is 17.3. The van der Waals surface area contributed by atoms with Crippen LogP contribution in [-0.2, 0) is 38.5 Å². The van der Waals surface area contributed by atoms with Gasteiger partial charge in [-0.3, -0.25) is 0 Å². The van der Waals surface area contributed by atoms with Crippen LogP contribution in [0.25, 0.3) is 0 Å². The lowest BCUT2D eigenvalue weighted by atomic mass is 9.34. The highest BCUT2D eigenvalue weighted by Gasteiger charge is 2.47. The summed E-state index contributed by atoms with van der Waals surface area (Å²) >= 11 is 0. The molecule has 1 atom stereocenters. The molecule has 5 aromatic rings. The number of fused-ring (bicyclic) bond motifs is 6. The quantitative estimate of drug-likeness (QED) is 0.167. The molecule has 6 aliphatic rings. The molecule has 0 N–H and O–H groups in total. The van der Waals surface area contributed by atoms with Crippen molar-refractivity contribution in [1.29, 1.82) is 0 Å². The Morgan fingerprint density at radius 2 is 1.25 bits per heavy atom. The minimum absolute atomic E-state index is 0.0787. The fourth-order valence-corrected chi connectivity index (χ4v) is 11.3. The summed E-state index contributed by atoms with van der Waals surface area (Å²) in [5, 5.41) is 0. The number of rotatable bonds is 5. The number of allylic oxidation sites excluding steroid dienone is 2. The van der Waals surface area contributed by atoms with E-state index in [9.17, 15) is 0 Å². The summed E-state index contributed by atoms with van der Waals surface area (Å²) in [7, 11) is 0. The van der Waals surface area contributed by atoms with E-state index in [1.165, 1.54) is 131 Å². The highest BCUT2D eigenvalue weighted by atomic mass is 15.2. The molecule has 56 heavy (non-hydrogen) atoms. The first-order valence-electron chi connectivity index (χ1n) is 21.6. The number of hydrogen-bond acceptors (Lipinski definition) is 3. The second-order valence-electron chi connectivity index (χ2n) is 17.3. The molecule has 0 aromatic heterocycles. The van der Waals surface area contributed by atoms with Crippen LogP contribution < -0.4 is 25.6 Å². The van der Waals surface area contributed by atoms with Crippen LogP contribution in [-0.4, -0.2) is 12.8 Å². The molecule has 0 saturated heterocycles. The third-order valence-corrected chi connectivity index (χ3v) is 13.8. The molecule has 0 bridgehead atoms. The molecule has 4 aliphatic carbocycles. The number of benzene rings is 5. The number of para-hydroxylation sites is 1. The van der Waals surface area contributed by atoms with Crippen molar-refractivity contribution in [1.82, 2.24) is 0 Å². The second kappa shape index (κ2) is 13.8. The standard InChI is InChI=1S/C52H52BN3/c1-35-26-29-41(30-27-35)55(40-19-4-3-5-20-40)50-34-54(46-24-12-17-37-14-6-9-21-42(37)46)48-32-36(2)33-49-51(48)53(50)45-31-28-39-16-8-11-23-44(39)52(45)56(49)47-25-13-18-38-15-7-10-22-43(38)47/h3-5,12-13,17-20,24-29,31-34,41H,6-11,14-16,21-23,30H2,1-2H3/t41-/m0/s1. The first-order chi connectivity index (χ1) is 27.6. The smallest absolute Gasteiger partial charge is 0.271 e. The Hall–Kier alpha value is -5.22. The van der Waals surface area contributed by atoms with Gasteiger partial charge in [0.05, 0.1) is 6.04 Å². The summed E-state index contributed by atoms with van der Waals surface area (Å²) in [6.45, 7) is 4.65. The Morgan fingerprint density at radius 1 is 0.607 bits per heavy atom. The molecule has 3 nitrogen and oxygen atoms in total. The third kappa shape index (κ3) is 5.46. The van der Waals surface area contributed by atoms with Crippen molar-refractivity contribution in [2.45, 2.75) is 103 Å². The van der Waals surface area contributed by atoms with Crippen LogP contribution in [0.15, 0.2) is 127 Å². The fourth-order valence-electron chi connectivity index (χ4n) is 11.3. The summed E-state index contributed by atoms with van der Waals surface area (Å²) in [5.41, 5.74) is 24.5. The molecule has 4 heteroatoms. The van der Waals surface area contributed by atoms with E-state index < -0.39 is 0 Å². The van der Waals surface area contributed by atoms with Gasteiger partial charge in [-0.15, -0.1) is 0 Å². The van der Waals surface area contributed by atoms with Gasteiger partial charge in [0.2, 0.25) is 0 Å². The molecule has 5 aromatic carbocycles. The van der Waals surface area contributed by atoms with Gasteiger partial charge in [0.25, 0.3) is 6.71 Å². The van der Waals surface area contributed by atoms with E-state index in [1.807, 2.05) is 0 Å². The Balaban J connectivity index is 1.24. The molecule has 278 valence electrons. The van der Waals surface area contributed by atoms with Crippen LogP contribution in [0.5, 0.6) is 0 Å². The first kappa shape index (κ1) is 34.1. The Morgan fingerprint density at radius 3 is 1.96 bits per heavy atom. The van der Waals surface area contributed by atoms with Crippen LogP contribution in [0.4, 0.5) is 34.1 Å². The summed E-state index contributed by atoms with van der Waals surface area (Å²) in [5.74, 6) is 0. The number of hydrogen-bond donors (Lipinski definition) is 0. The van der Waals surface area contributed by atoms with Crippen molar-refractivity contribution in [3.05, 3.63) is 166 Å². The van der Waals surface area contributed by atoms with Gasteiger partial charge >= 0.3 is 0 Å². The topological polar surface area (TPSA) is 9.72 Å². The van der Waals surface area contributed by atoms with E-state index in [0.717, 1.165) is 25.7 Å². The van der Waals surface area contributed by atoms with Gasteiger partial charge in [0.1, 0.15) is 0 Å². The highest BCUT2D eigenvalue weighted by Crippen LogP contribution is 2.49. The average molecular weight is 730 g/mol. The van der Waals surface area contributed by atoms with Crippen molar-refractivity contribution in [3.63, 3.8) is 0 Å². The normalized spacial score (nSPS) is 19.2. The Bertz CT molecular complexity index is 2470. The summed E-state index contributed by atoms with van der Waals surface area (Å²) in [4.78, 5) is 8.13. The third-order valence-electron chi connectivity index (χ3n) is 13.8. The maximum atomic E-state index is 2.78. The molecule has 0 saturated carbocycles. The monoisotopic (exact) mass is 729 g/mol. The van der Waals surface area contributed by atoms with Crippen LogP contribution >= 0.6 is 0 Å². The van der Waals surface area contributed by atoms with Crippen LogP contribution in [0, 0.1) is 6.92 Å². The predicted molar refractivity (Wildman–Crippen MR) is 238 cm³/mol. The lowest BCUT2D eigenvalue weighted by Crippen LogP contribution is -2.59. The van der Waals surface area contributed by atoms with E-state index in [0.29, 0.717) is 0 Å². The van der Waals surface area contributed by atoms with Crippen LogP contribution in [0.3, 0.4) is 0 Å². The van der Waals surface area contributed by atoms with Crippen molar-refractivity contribution < 1.29 is 0 Å². The SMILES string of the molecule is CC1=CC[C@@H](N(C2=CN(c3cccc4c3CCCC4)c3cc(C)cc4c3B2c2ccc3c(c2N4c2cccc4c2CCCC4)CCCC3)c2ccccc2)C=C1. The van der Waals surface area contributed by atoms with E-state index in [-0.39, 0.29) is 12.8 Å². The van der Waals surface area contributed by atoms with Crippen LogP contribution in [0.1, 0.15) is 90.8 Å². The van der Waals surface area contributed by atoms with E-state index in [1.54, 1.807) is 22.3 Å². The zero-order chi connectivity index (χ0) is 37.3. The number of aryl methyl sites for hydroxylation is 4. The van der Waals surface area contributed by atoms with Crippen molar-refractivity contribution in [2.24, 2.45) is 0 Å². The molecular weight excluding hydrogens is 677 g/mol. The summed E-state index contributed by atoms with van der Waals surface area (Å²) in [6.07, 6.45) is 25.4. The Kier molecular flexibility index (Phi) is 8.37. The van der Waals surface area contributed by atoms with Crippen molar-refractivity contribution in [3.8, 4) is 0 Å². The lowest BCUT2D eigenvalue weighted by Gasteiger charge is -2.48. The molecular formula is C52H52BN3. The predicted octanol–water partition coefficient (Wildman–Crippen LogP) is 11.3. The molecule has 0 unspecified atom stereocenters. The van der Waals surface area contributed by atoms with E-state index in [2.05, 4.69) is 144 Å². The highest BCUT2D eigenvalue weighted by molar-refractivity contribution is 6.95. The summed E-state index contributed by atoms with van der Waals surface area (Å²) < 4.78 is 0. The lowest BCUT2D eigenvalue weighted by molar-refractivity contribution is 0.682. The van der Waals surface area contributed by atoms with E-state index >= 15 is 0 Å². The maximum absolute atomic E-state index is 2.78. The fraction of sp³-hybridized carbons (Fsp3) is 0.308. The van der Waals surface area contributed by atoms with Gasteiger partial charge in [-0.2, -0.15) is 0 Å². The van der Waals surface area contributed by atoms with Crippen LogP contribution in [0.2, 0.25) is 0 Å².